The zero-order valence-corrected chi connectivity index (χ0v) is 15.4. The van der Waals surface area contributed by atoms with Gasteiger partial charge in [-0.05, 0) is 64.2 Å². The Morgan fingerprint density at radius 1 is 1.29 bits per heavy atom. The van der Waals surface area contributed by atoms with Gasteiger partial charge in [-0.2, -0.15) is 0 Å². The average molecular weight is 335 g/mol. The van der Waals surface area contributed by atoms with Gasteiger partial charge >= 0.3 is 0 Å². The normalized spacial score (nSPS) is 19.5. The zero-order chi connectivity index (χ0) is 17.9. The molecule has 0 bridgehead atoms. The number of aromatic hydroxyl groups is 1. The van der Waals surface area contributed by atoms with E-state index in [0.29, 0.717) is 31.9 Å². The van der Waals surface area contributed by atoms with E-state index in [1.54, 1.807) is 0 Å². The molecule has 2 N–H and O–H groups in total. The Hall–Kier alpha value is -1.75. The Kier molecular flexibility index (Phi) is 5.75. The van der Waals surface area contributed by atoms with Crippen LogP contribution in [0.2, 0.25) is 0 Å². The summed E-state index contributed by atoms with van der Waals surface area (Å²) < 4.78 is 11.4. The van der Waals surface area contributed by atoms with E-state index in [1.807, 2.05) is 34.6 Å². The number of carbonyl (C=O) groups is 1. The van der Waals surface area contributed by atoms with Crippen LogP contribution in [-0.4, -0.2) is 36.4 Å². The van der Waals surface area contributed by atoms with E-state index in [4.69, 9.17) is 9.47 Å². The van der Waals surface area contributed by atoms with Crippen LogP contribution < -0.4 is 10.1 Å². The molecule has 1 aromatic rings. The first-order valence-electron chi connectivity index (χ1n) is 8.68. The summed E-state index contributed by atoms with van der Waals surface area (Å²) in [6, 6.07) is 0. The SMILES string of the molecule is CCOCCCNC(=O)C1(C)CCc2c(C)c(O)c(C)c(C)c2O1. The van der Waals surface area contributed by atoms with Gasteiger partial charge in [0.25, 0.3) is 5.91 Å². The summed E-state index contributed by atoms with van der Waals surface area (Å²) in [4.78, 5) is 12.6. The van der Waals surface area contributed by atoms with Crippen molar-refractivity contribution in [3.63, 3.8) is 0 Å². The van der Waals surface area contributed by atoms with E-state index in [2.05, 4.69) is 5.32 Å². The van der Waals surface area contributed by atoms with Crippen LogP contribution >= 0.6 is 0 Å². The third-order valence-electron chi connectivity index (χ3n) is 4.96. The van der Waals surface area contributed by atoms with Gasteiger partial charge in [0.15, 0.2) is 5.60 Å². The summed E-state index contributed by atoms with van der Waals surface area (Å²) in [6.07, 6.45) is 2.11. The van der Waals surface area contributed by atoms with Gasteiger partial charge in [-0.1, -0.05) is 0 Å². The van der Waals surface area contributed by atoms with Crippen molar-refractivity contribution in [3.05, 3.63) is 22.3 Å². The fourth-order valence-electron chi connectivity index (χ4n) is 3.12. The molecular weight excluding hydrogens is 306 g/mol. The highest BCUT2D eigenvalue weighted by Crippen LogP contribution is 2.43. The van der Waals surface area contributed by atoms with Gasteiger partial charge in [-0.15, -0.1) is 0 Å². The van der Waals surface area contributed by atoms with Crippen molar-refractivity contribution >= 4 is 5.91 Å². The van der Waals surface area contributed by atoms with E-state index in [-0.39, 0.29) is 5.91 Å². The first kappa shape index (κ1) is 18.6. The summed E-state index contributed by atoms with van der Waals surface area (Å²) in [5, 5.41) is 13.2. The molecule has 0 aliphatic carbocycles. The standard InChI is InChI=1S/C19H29NO4/c1-6-23-11-7-10-20-18(22)19(5)9-8-15-14(4)16(21)12(2)13(3)17(15)24-19/h21H,6-11H2,1-5H3,(H,20,22). The van der Waals surface area contributed by atoms with E-state index >= 15 is 0 Å². The van der Waals surface area contributed by atoms with Crippen molar-refractivity contribution in [2.75, 3.05) is 19.8 Å². The minimum absolute atomic E-state index is 0.0903. The largest absolute Gasteiger partial charge is 0.507 e. The van der Waals surface area contributed by atoms with Gasteiger partial charge in [0.1, 0.15) is 11.5 Å². The maximum absolute atomic E-state index is 12.6. The van der Waals surface area contributed by atoms with E-state index in [1.165, 1.54) is 0 Å². The van der Waals surface area contributed by atoms with Gasteiger partial charge in [0, 0.05) is 31.7 Å². The fourth-order valence-corrected chi connectivity index (χ4v) is 3.12. The zero-order valence-electron chi connectivity index (χ0n) is 15.4. The Morgan fingerprint density at radius 3 is 2.67 bits per heavy atom. The molecule has 1 unspecified atom stereocenters. The molecule has 5 nitrogen and oxygen atoms in total. The number of hydrogen-bond donors (Lipinski definition) is 2. The van der Waals surface area contributed by atoms with Crippen LogP contribution in [0.4, 0.5) is 0 Å². The van der Waals surface area contributed by atoms with Crippen molar-refractivity contribution in [1.82, 2.24) is 5.32 Å². The van der Waals surface area contributed by atoms with Crippen LogP contribution in [-0.2, 0) is 16.0 Å². The maximum Gasteiger partial charge on any atom is 0.263 e. The molecule has 1 amide bonds. The minimum atomic E-state index is -0.876. The number of ether oxygens (including phenoxy) is 2. The van der Waals surface area contributed by atoms with Crippen molar-refractivity contribution in [1.29, 1.82) is 0 Å². The van der Waals surface area contributed by atoms with Crippen molar-refractivity contribution in [2.45, 2.75) is 59.5 Å². The molecule has 1 aliphatic rings. The summed E-state index contributed by atoms with van der Waals surface area (Å²) in [5.74, 6) is 0.993. The molecule has 5 heteroatoms. The lowest BCUT2D eigenvalue weighted by atomic mass is 9.86. The van der Waals surface area contributed by atoms with Gasteiger partial charge in [-0.25, -0.2) is 0 Å². The van der Waals surface area contributed by atoms with Crippen LogP contribution in [0, 0.1) is 20.8 Å². The Morgan fingerprint density at radius 2 is 2.00 bits per heavy atom. The van der Waals surface area contributed by atoms with Crippen molar-refractivity contribution < 1.29 is 19.4 Å². The number of amides is 1. The summed E-state index contributed by atoms with van der Waals surface area (Å²) in [6.45, 7) is 11.4. The lowest BCUT2D eigenvalue weighted by Crippen LogP contribution is -2.51. The smallest absolute Gasteiger partial charge is 0.263 e. The molecular formula is C19H29NO4. The summed E-state index contributed by atoms with van der Waals surface area (Å²) in [7, 11) is 0. The Balaban J connectivity index is 2.12. The number of phenols is 1. The van der Waals surface area contributed by atoms with Gasteiger partial charge in [0.05, 0.1) is 0 Å². The lowest BCUT2D eigenvalue weighted by molar-refractivity contribution is -0.136. The molecule has 1 heterocycles. The molecule has 1 aromatic carbocycles. The monoisotopic (exact) mass is 335 g/mol. The molecule has 134 valence electrons. The number of benzene rings is 1. The Bertz CT molecular complexity index is 627. The first-order chi connectivity index (χ1) is 11.3. The van der Waals surface area contributed by atoms with Crippen molar-refractivity contribution in [2.24, 2.45) is 0 Å². The number of rotatable bonds is 6. The van der Waals surface area contributed by atoms with Crippen LogP contribution in [0.1, 0.15) is 48.9 Å². The third-order valence-corrected chi connectivity index (χ3v) is 4.96. The third kappa shape index (κ3) is 3.51. The summed E-state index contributed by atoms with van der Waals surface area (Å²) in [5.41, 5.74) is 2.71. The van der Waals surface area contributed by atoms with Crippen LogP contribution in [0.3, 0.4) is 0 Å². The van der Waals surface area contributed by atoms with Crippen LogP contribution in [0.25, 0.3) is 0 Å². The molecule has 0 fully saturated rings. The second-order valence-electron chi connectivity index (χ2n) is 6.67. The van der Waals surface area contributed by atoms with Gasteiger partial charge < -0.3 is 19.9 Å². The molecule has 0 saturated carbocycles. The fraction of sp³-hybridized carbons (Fsp3) is 0.632. The molecule has 1 aliphatic heterocycles. The highest BCUT2D eigenvalue weighted by atomic mass is 16.5. The van der Waals surface area contributed by atoms with E-state index in [9.17, 15) is 9.90 Å². The summed E-state index contributed by atoms with van der Waals surface area (Å²) >= 11 is 0. The topological polar surface area (TPSA) is 67.8 Å². The van der Waals surface area contributed by atoms with Crippen LogP contribution in [0.15, 0.2) is 0 Å². The molecule has 0 radical (unpaired) electrons. The van der Waals surface area contributed by atoms with Crippen LogP contribution in [0.5, 0.6) is 11.5 Å². The van der Waals surface area contributed by atoms with Gasteiger partial charge in [-0.3, -0.25) is 4.79 Å². The highest BCUT2D eigenvalue weighted by Gasteiger charge is 2.40. The number of carbonyl (C=O) groups excluding carboxylic acids is 1. The second-order valence-corrected chi connectivity index (χ2v) is 6.67. The van der Waals surface area contributed by atoms with Gasteiger partial charge in [0.2, 0.25) is 0 Å². The quantitative estimate of drug-likeness (QED) is 0.784. The minimum Gasteiger partial charge on any atom is -0.507 e. The lowest BCUT2D eigenvalue weighted by Gasteiger charge is -2.36. The predicted molar refractivity (Wildman–Crippen MR) is 93.8 cm³/mol. The average Bonchev–Trinajstić information content (AvgIpc) is 2.57. The Labute approximate surface area is 144 Å². The molecule has 1 atom stereocenters. The van der Waals surface area contributed by atoms with E-state index in [0.717, 1.165) is 40.8 Å². The molecule has 0 saturated heterocycles. The molecule has 2 rings (SSSR count). The predicted octanol–water partition coefficient (Wildman–Crippen LogP) is 2.94. The number of phenolic OH excluding ortho intramolecular Hbond substituents is 1. The van der Waals surface area contributed by atoms with E-state index < -0.39 is 5.60 Å². The van der Waals surface area contributed by atoms with Crippen molar-refractivity contribution in [3.8, 4) is 11.5 Å². The highest BCUT2D eigenvalue weighted by molar-refractivity contribution is 5.85. The first-order valence-corrected chi connectivity index (χ1v) is 8.68. The number of nitrogens with one attached hydrogen (secondary N) is 1. The molecule has 0 aromatic heterocycles. The molecule has 24 heavy (non-hydrogen) atoms. The number of hydrogen-bond acceptors (Lipinski definition) is 4. The maximum atomic E-state index is 12.6. The molecule has 0 spiro atoms. The number of fused-ring (bicyclic) bond motifs is 1. The second kappa shape index (κ2) is 7.43.